The summed E-state index contributed by atoms with van der Waals surface area (Å²) in [4.78, 5) is 18.2. The third kappa shape index (κ3) is 5.75. The Labute approximate surface area is 134 Å². The summed E-state index contributed by atoms with van der Waals surface area (Å²) in [6.07, 6.45) is -0.163. The van der Waals surface area contributed by atoms with Crippen LogP contribution < -0.4 is 0 Å². The quantitative estimate of drug-likeness (QED) is 0.480. The van der Waals surface area contributed by atoms with E-state index in [9.17, 15) is 18.6 Å². The van der Waals surface area contributed by atoms with Crippen molar-refractivity contribution in [3.8, 4) is 0 Å². The lowest BCUT2D eigenvalue weighted by molar-refractivity contribution is -0.0234. The highest BCUT2D eigenvalue weighted by molar-refractivity contribution is 7.69. The maximum absolute atomic E-state index is 12.1. The average Bonchev–Trinajstić information content (AvgIpc) is 2.86. The van der Waals surface area contributed by atoms with Crippen LogP contribution in [0.2, 0.25) is 0 Å². The molecular weight excluding hydrogens is 372 g/mol. The molecule has 0 aromatic heterocycles. The number of rotatable bonds is 7. The minimum atomic E-state index is -5.03. The molecule has 132 valence electrons. The first-order valence-corrected chi connectivity index (χ1v) is 12.2. The molecule has 2 fully saturated rings. The number of fused-ring (bicyclic) bond motifs is 1. The van der Waals surface area contributed by atoms with Gasteiger partial charge in [0.05, 0.1) is 12.7 Å². The van der Waals surface area contributed by atoms with Crippen LogP contribution in [0.15, 0.2) is 0 Å². The van der Waals surface area contributed by atoms with Gasteiger partial charge in [-0.2, -0.15) is 0 Å². The minimum absolute atomic E-state index is 0.00777. The molecule has 0 aromatic rings. The molecule has 0 aliphatic carbocycles. The second-order valence-electron chi connectivity index (χ2n) is 5.43. The van der Waals surface area contributed by atoms with E-state index in [1.165, 1.54) is 0 Å². The molecule has 7 unspecified atom stereocenters. The van der Waals surface area contributed by atoms with Crippen molar-refractivity contribution in [2.75, 3.05) is 26.5 Å². The highest BCUT2D eigenvalue weighted by Gasteiger charge is 2.47. The second-order valence-corrected chi connectivity index (χ2v) is 11.1. The fourth-order valence-corrected chi connectivity index (χ4v) is 6.53. The van der Waals surface area contributed by atoms with Crippen LogP contribution in [-0.4, -0.2) is 62.4 Å². The van der Waals surface area contributed by atoms with E-state index in [1.807, 2.05) is 0 Å². The standard InChI is InChI=1S/C9H18BO10P3/c1-21(11,12)19-23(14,15)20-22(2,13)17-5-7-8-6(3-4-16-8)9(10)18-7/h6-9H,3-5H2,1-2H3,(H,11,12)(H,14,15). The Bertz CT molecular complexity index is 578. The number of hydrogen-bond donors (Lipinski definition) is 2. The van der Waals surface area contributed by atoms with Crippen molar-refractivity contribution in [3.63, 3.8) is 0 Å². The van der Waals surface area contributed by atoms with Crippen LogP contribution in [0, 0.1) is 5.92 Å². The monoisotopic (exact) mass is 390 g/mol. The Hall–Kier alpha value is 0.475. The Morgan fingerprint density at radius 1 is 1.22 bits per heavy atom. The summed E-state index contributed by atoms with van der Waals surface area (Å²) in [7, 11) is -7.60. The Balaban J connectivity index is 1.90. The molecule has 2 N–H and O–H groups in total. The van der Waals surface area contributed by atoms with Crippen LogP contribution in [0.4, 0.5) is 0 Å². The molecule has 14 heteroatoms. The first kappa shape index (κ1) is 19.8. The van der Waals surface area contributed by atoms with Crippen LogP contribution in [0.1, 0.15) is 6.42 Å². The Kier molecular flexibility index (Phi) is 6.03. The fraction of sp³-hybridized carbons (Fsp3) is 1.00. The van der Waals surface area contributed by atoms with Crippen molar-refractivity contribution in [3.05, 3.63) is 0 Å². The molecule has 2 radical (unpaired) electrons. The van der Waals surface area contributed by atoms with Gasteiger partial charge in [0.25, 0.3) is 0 Å². The summed E-state index contributed by atoms with van der Waals surface area (Å²) in [6.45, 7) is 1.90. The van der Waals surface area contributed by atoms with Crippen molar-refractivity contribution in [1.82, 2.24) is 0 Å². The Morgan fingerprint density at radius 3 is 2.48 bits per heavy atom. The summed E-state index contributed by atoms with van der Waals surface area (Å²) >= 11 is 0. The predicted octanol–water partition coefficient (Wildman–Crippen LogP) is 1.07. The molecular formula is C9H18BO10P3. The summed E-state index contributed by atoms with van der Waals surface area (Å²) in [5, 5.41) is 0. The van der Waals surface area contributed by atoms with E-state index in [2.05, 4.69) is 8.62 Å². The van der Waals surface area contributed by atoms with Gasteiger partial charge in [0.15, 0.2) is 0 Å². The highest BCUT2D eigenvalue weighted by Crippen LogP contribution is 2.66. The molecule has 2 saturated heterocycles. The smallest absolute Gasteiger partial charge is 0.379 e. The fourth-order valence-electron chi connectivity index (χ4n) is 2.50. The normalized spacial score (nSPS) is 38.4. The number of phosphoric acid groups is 1. The van der Waals surface area contributed by atoms with Gasteiger partial charge in [-0.1, -0.05) is 0 Å². The topological polar surface area (TPSA) is 138 Å². The van der Waals surface area contributed by atoms with Crippen molar-refractivity contribution in [2.24, 2.45) is 5.92 Å². The lowest BCUT2D eigenvalue weighted by Crippen LogP contribution is -2.28. The maximum atomic E-state index is 12.1. The van der Waals surface area contributed by atoms with Crippen molar-refractivity contribution in [1.29, 1.82) is 0 Å². The molecule has 0 saturated carbocycles. The van der Waals surface area contributed by atoms with Crippen LogP contribution >= 0.6 is 23.0 Å². The minimum Gasteiger partial charge on any atom is -0.379 e. The molecule has 23 heavy (non-hydrogen) atoms. The molecule has 2 aliphatic heterocycles. The zero-order chi connectivity index (χ0) is 17.5. The van der Waals surface area contributed by atoms with Crippen LogP contribution in [0.25, 0.3) is 0 Å². The SMILES string of the molecule is [B]C1OC(COP(C)(=O)OP(=O)(O)OP(C)(=O)O)C2OCCC12. The molecule has 0 aromatic carbocycles. The van der Waals surface area contributed by atoms with E-state index in [1.54, 1.807) is 0 Å². The molecule has 10 nitrogen and oxygen atoms in total. The summed E-state index contributed by atoms with van der Waals surface area (Å²) in [5.41, 5.74) is 0. The van der Waals surface area contributed by atoms with Crippen molar-refractivity contribution < 1.29 is 46.1 Å². The predicted molar refractivity (Wildman–Crippen MR) is 79.5 cm³/mol. The van der Waals surface area contributed by atoms with Crippen LogP contribution in [0.5, 0.6) is 0 Å². The molecule has 2 heterocycles. The molecule has 2 aliphatic rings. The van der Waals surface area contributed by atoms with Crippen molar-refractivity contribution in [2.45, 2.75) is 24.6 Å². The summed E-state index contributed by atoms with van der Waals surface area (Å²) in [5.74, 6) is 0.00777. The highest BCUT2D eigenvalue weighted by atomic mass is 31.3. The van der Waals surface area contributed by atoms with Gasteiger partial charge in [-0.3, -0.25) is 9.13 Å². The van der Waals surface area contributed by atoms with Gasteiger partial charge >= 0.3 is 23.0 Å². The van der Waals surface area contributed by atoms with E-state index in [0.717, 1.165) is 13.1 Å². The van der Waals surface area contributed by atoms with E-state index in [4.69, 9.17) is 26.7 Å². The number of ether oxygens (including phenoxy) is 2. The van der Waals surface area contributed by atoms with Gasteiger partial charge in [0.2, 0.25) is 0 Å². The largest absolute Gasteiger partial charge is 0.486 e. The van der Waals surface area contributed by atoms with Gasteiger partial charge < -0.3 is 23.8 Å². The molecule has 7 atom stereocenters. The summed E-state index contributed by atoms with van der Waals surface area (Å²) in [6, 6.07) is -0.527. The maximum Gasteiger partial charge on any atom is 0.486 e. The average molecular weight is 390 g/mol. The van der Waals surface area contributed by atoms with Crippen LogP contribution in [0.3, 0.4) is 0 Å². The van der Waals surface area contributed by atoms with Gasteiger partial charge in [0, 0.05) is 31.9 Å². The molecule has 0 bridgehead atoms. The zero-order valence-corrected chi connectivity index (χ0v) is 15.2. The third-order valence-electron chi connectivity index (χ3n) is 3.28. The molecule has 0 spiro atoms. The van der Waals surface area contributed by atoms with E-state index in [0.29, 0.717) is 13.3 Å². The third-order valence-corrected chi connectivity index (χ3v) is 7.95. The van der Waals surface area contributed by atoms with Gasteiger partial charge in [-0.05, 0) is 6.42 Å². The lowest BCUT2D eigenvalue weighted by Gasteiger charge is -2.21. The van der Waals surface area contributed by atoms with Gasteiger partial charge in [-0.15, -0.1) is 0 Å². The van der Waals surface area contributed by atoms with E-state index < -0.39 is 35.1 Å². The summed E-state index contributed by atoms with van der Waals surface area (Å²) < 4.78 is 58.9. The lowest BCUT2D eigenvalue weighted by atomic mass is 9.84. The Morgan fingerprint density at radius 2 is 1.87 bits per heavy atom. The van der Waals surface area contributed by atoms with E-state index in [-0.39, 0.29) is 18.6 Å². The molecule has 2 rings (SSSR count). The van der Waals surface area contributed by atoms with E-state index >= 15 is 0 Å². The van der Waals surface area contributed by atoms with Gasteiger partial charge in [-0.25, -0.2) is 13.2 Å². The molecule has 0 amide bonds. The second kappa shape index (κ2) is 7.00. The zero-order valence-electron chi connectivity index (χ0n) is 12.5. The first-order valence-electron chi connectivity index (χ1n) is 6.69. The van der Waals surface area contributed by atoms with Gasteiger partial charge in [0.1, 0.15) is 14.0 Å². The van der Waals surface area contributed by atoms with Crippen molar-refractivity contribution >= 4 is 30.9 Å². The number of hydrogen-bond acceptors (Lipinski definition) is 8. The first-order chi connectivity index (χ1) is 10.4. The van der Waals surface area contributed by atoms with Crippen LogP contribution in [-0.2, 0) is 36.3 Å².